The smallest absolute Gasteiger partial charge is 0.408 e. The van der Waals surface area contributed by atoms with E-state index in [0.717, 1.165) is 12.8 Å². The molecule has 0 radical (unpaired) electrons. The van der Waals surface area contributed by atoms with Gasteiger partial charge in [-0.1, -0.05) is 13.8 Å². The number of nitrogens with one attached hydrogen (secondary N) is 1. The average molecular weight is 299 g/mol. The van der Waals surface area contributed by atoms with Crippen molar-refractivity contribution in [2.75, 3.05) is 13.1 Å². The topological polar surface area (TPSA) is 84.7 Å². The Morgan fingerprint density at radius 2 is 1.76 bits per heavy atom. The predicted octanol–water partition coefficient (Wildman–Crippen LogP) is 1.49. The fourth-order valence-electron chi connectivity index (χ4n) is 2.26. The molecule has 1 aliphatic rings. The lowest BCUT2D eigenvalue weighted by Gasteiger charge is -2.34. The fraction of sp³-hybridized carbons (Fsp3) is 0.867. The molecule has 1 fully saturated rings. The van der Waals surface area contributed by atoms with E-state index in [1.165, 1.54) is 0 Å². The average Bonchev–Trinajstić information content (AvgIpc) is 2.33. The summed E-state index contributed by atoms with van der Waals surface area (Å²) in [4.78, 5) is 26.2. The molecule has 0 saturated carbocycles. The Morgan fingerprint density at radius 3 is 2.19 bits per heavy atom. The number of likely N-dealkylation sites (tertiary alicyclic amines) is 1. The summed E-state index contributed by atoms with van der Waals surface area (Å²) in [7, 11) is 0. The van der Waals surface area contributed by atoms with Gasteiger partial charge in [0.1, 0.15) is 11.6 Å². The van der Waals surface area contributed by atoms with Gasteiger partial charge in [-0.3, -0.25) is 4.79 Å². The van der Waals surface area contributed by atoms with E-state index in [1.54, 1.807) is 25.7 Å². The third-order valence-corrected chi connectivity index (χ3v) is 3.46. The molecule has 21 heavy (non-hydrogen) atoms. The molecule has 1 atom stereocenters. The number of alkyl carbamates (subject to hydrolysis) is 1. The van der Waals surface area contributed by atoms with Gasteiger partial charge in [0.2, 0.25) is 5.91 Å². The van der Waals surface area contributed by atoms with E-state index in [9.17, 15) is 9.59 Å². The number of nitrogens with zero attached hydrogens (tertiary/aromatic N) is 1. The molecule has 1 rings (SSSR count). The van der Waals surface area contributed by atoms with Crippen LogP contribution in [0, 0.1) is 5.92 Å². The van der Waals surface area contributed by atoms with Crippen molar-refractivity contribution >= 4 is 12.0 Å². The molecule has 0 aromatic heterocycles. The highest BCUT2D eigenvalue weighted by atomic mass is 16.6. The SMILES string of the molecule is CC(C)[C@H](NC(=O)OC(C)(C)C)C(=O)N1CCC(N)CC1. The van der Waals surface area contributed by atoms with Crippen molar-refractivity contribution in [2.24, 2.45) is 11.7 Å². The Kier molecular flexibility index (Phi) is 6.01. The van der Waals surface area contributed by atoms with Gasteiger partial charge in [0.25, 0.3) is 0 Å². The van der Waals surface area contributed by atoms with E-state index >= 15 is 0 Å². The molecular weight excluding hydrogens is 270 g/mol. The normalized spacial score (nSPS) is 18.5. The van der Waals surface area contributed by atoms with E-state index in [1.807, 2.05) is 13.8 Å². The zero-order chi connectivity index (χ0) is 16.2. The molecule has 122 valence electrons. The Bertz CT molecular complexity index is 369. The molecule has 0 aliphatic carbocycles. The van der Waals surface area contributed by atoms with Crippen molar-refractivity contribution in [1.29, 1.82) is 0 Å². The first kappa shape index (κ1) is 17.8. The number of hydrogen-bond acceptors (Lipinski definition) is 4. The number of rotatable bonds is 3. The lowest BCUT2D eigenvalue weighted by Crippen LogP contribution is -2.54. The van der Waals surface area contributed by atoms with Crippen LogP contribution in [0.2, 0.25) is 0 Å². The van der Waals surface area contributed by atoms with Crippen LogP contribution in [0.15, 0.2) is 0 Å². The van der Waals surface area contributed by atoms with Crippen LogP contribution in [0.5, 0.6) is 0 Å². The summed E-state index contributed by atoms with van der Waals surface area (Å²) in [5.41, 5.74) is 5.28. The van der Waals surface area contributed by atoms with Gasteiger partial charge in [-0.25, -0.2) is 4.79 Å². The third kappa shape index (κ3) is 5.91. The summed E-state index contributed by atoms with van der Waals surface area (Å²) in [6, 6.07) is -0.389. The van der Waals surface area contributed by atoms with Gasteiger partial charge in [0.15, 0.2) is 0 Å². The maximum absolute atomic E-state index is 12.6. The van der Waals surface area contributed by atoms with Gasteiger partial charge in [0, 0.05) is 19.1 Å². The molecule has 1 aliphatic heterocycles. The van der Waals surface area contributed by atoms with Gasteiger partial charge in [-0.2, -0.15) is 0 Å². The molecule has 0 aromatic carbocycles. The first-order chi connectivity index (χ1) is 9.60. The molecule has 2 amide bonds. The Hall–Kier alpha value is -1.30. The van der Waals surface area contributed by atoms with E-state index in [4.69, 9.17) is 10.5 Å². The summed E-state index contributed by atoms with van der Waals surface area (Å²) < 4.78 is 5.23. The second-order valence-electron chi connectivity index (χ2n) is 7.03. The number of carbonyl (C=O) groups excluding carboxylic acids is 2. The number of piperidine rings is 1. The van der Waals surface area contributed by atoms with Crippen LogP contribution in [0.3, 0.4) is 0 Å². The number of hydrogen-bond donors (Lipinski definition) is 2. The van der Waals surface area contributed by atoms with Gasteiger partial charge in [-0.05, 0) is 39.5 Å². The molecule has 6 heteroatoms. The molecule has 1 heterocycles. The summed E-state index contributed by atoms with van der Waals surface area (Å²) in [6.45, 7) is 10.5. The van der Waals surface area contributed by atoms with Crippen LogP contribution in [0.1, 0.15) is 47.5 Å². The maximum Gasteiger partial charge on any atom is 0.408 e. The monoisotopic (exact) mass is 299 g/mol. The summed E-state index contributed by atoms with van der Waals surface area (Å²) in [6.07, 6.45) is 1.06. The standard InChI is InChI=1S/C15H29N3O3/c1-10(2)12(17-14(20)21-15(3,4)5)13(19)18-8-6-11(16)7-9-18/h10-12H,6-9,16H2,1-5H3,(H,17,20)/t12-/m0/s1. The minimum absolute atomic E-state index is 0.000573. The predicted molar refractivity (Wildman–Crippen MR) is 81.8 cm³/mol. The molecule has 0 spiro atoms. The second kappa shape index (κ2) is 7.11. The molecule has 0 unspecified atom stereocenters. The van der Waals surface area contributed by atoms with Gasteiger partial charge < -0.3 is 20.7 Å². The van der Waals surface area contributed by atoms with Crippen molar-refractivity contribution in [3.63, 3.8) is 0 Å². The molecular formula is C15H29N3O3. The van der Waals surface area contributed by atoms with E-state index in [2.05, 4.69) is 5.32 Å². The highest BCUT2D eigenvalue weighted by molar-refractivity contribution is 5.86. The third-order valence-electron chi connectivity index (χ3n) is 3.46. The van der Waals surface area contributed by atoms with Crippen LogP contribution >= 0.6 is 0 Å². The number of amides is 2. The van der Waals surface area contributed by atoms with Gasteiger partial charge in [0.05, 0.1) is 0 Å². The maximum atomic E-state index is 12.6. The highest BCUT2D eigenvalue weighted by Crippen LogP contribution is 2.14. The Morgan fingerprint density at radius 1 is 1.24 bits per heavy atom. The Balaban J connectivity index is 2.64. The van der Waals surface area contributed by atoms with E-state index < -0.39 is 17.7 Å². The van der Waals surface area contributed by atoms with E-state index in [-0.39, 0.29) is 17.9 Å². The first-order valence-corrected chi connectivity index (χ1v) is 7.64. The Labute approximate surface area is 127 Å². The van der Waals surface area contributed by atoms with Crippen LogP contribution in [-0.4, -0.2) is 47.7 Å². The number of ether oxygens (including phenoxy) is 1. The van der Waals surface area contributed by atoms with Crippen LogP contribution in [-0.2, 0) is 9.53 Å². The first-order valence-electron chi connectivity index (χ1n) is 7.64. The van der Waals surface area contributed by atoms with Crippen LogP contribution in [0.25, 0.3) is 0 Å². The zero-order valence-corrected chi connectivity index (χ0v) is 13.8. The van der Waals surface area contributed by atoms with Crippen molar-refractivity contribution in [2.45, 2.75) is 65.1 Å². The lowest BCUT2D eigenvalue weighted by atomic mass is 10.00. The van der Waals surface area contributed by atoms with Crippen molar-refractivity contribution in [3.05, 3.63) is 0 Å². The summed E-state index contributed by atoms with van der Waals surface area (Å²) in [5.74, 6) is -0.0524. The lowest BCUT2D eigenvalue weighted by molar-refractivity contribution is -0.135. The molecule has 1 saturated heterocycles. The molecule has 3 N–H and O–H groups in total. The highest BCUT2D eigenvalue weighted by Gasteiger charge is 2.31. The number of carbonyl (C=O) groups is 2. The minimum Gasteiger partial charge on any atom is -0.444 e. The molecule has 0 bridgehead atoms. The van der Waals surface area contributed by atoms with E-state index in [0.29, 0.717) is 13.1 Å². The van der Waals surface area contributed by atoms with Crippen molar-refractivity contribution in [1.82, 2.24) is 10.2 Å². The zero-order valence-electron chi connectivity index (χ0n) is 13.8. The second-order valence-corrected chi connectivity index (χ2v) is 7.03. The van der Waals surface area contributed by atoms with Crippen molar-refractivity contribution in [3.8, 4) is 0 Å². The summed E-state index contributed by atoms with van der Waals surface area (Å²) >= 11 is 0. The van der Waals surface area contributed by atoms with Gasteiger partial charge in [-0.15, -0.1) is 0 Å². The van der Waals surface area contributed by atoms with Crippen LogP contribution in [0.4, 0.5) is 4.79 Å². The summed E-state index contributed by atoms with van der Waals surface area (Å²) in [5, 5.41) is 2.70. The van der Waals surface area contributed by atoms with Gasteiger partial charge >= 0.3 is 6.09 Å². The van der Waals surface area contributed by atoms with Crippen molar-refractivity contribution < 1.29 is 14.3 Å². The molecule has 6 nitrogen and oxygen atoms in total. The fourth-order valence-corrected chi connectivity index (χ4v) is 2.26. The minimum atomic E-state index is -0.577. The quantitative estimate of drug-likeness (QED) is 0.827. The molecule has 0 aromatic rings. The number of nitrogens with two attached hydrogens (primary N) is 1. The van der Waals surface area contributed by atoms with Crippen LogP contribution < -0.4 is 11.1 Å². The largest absolute Gasteiger partial charge is 0.444 e.